The topological polar surface area (TPSA) is 61.8 Å². The van der Waals surface area contributed by atoms with Crippen molar-refractivity contribution in [3.63, 3.8) is 0 Å². The molecule has 0 bridgehead atoms. The van der Waals surface area contributed by atoms with E-state index in [-0.39, 0.29) is 11.9 Å². The van der Waals surface area contributed by atoms with Crippen molar-refractivity contribution < 1.29 is 23.8 Å². The minimum atomic E-state index is -0.725. The lowest BCUT2D eigenvalue weighted by molar-refractivity contribution is -0.0139. The first-order valence-electron chi connectivity index (χ1n) is 8.46. The molecule has 0 heterocycles. The second-order valence-electron chi connectivity index (χ2n) is 6.86. The molecule has 0 radical (unpaired) electrons. The summed E-state index contributed by atoms with van der Waals surface area (Å²) < 4.78 is 16.1. The van der Waals surface area contributed by atoms with Gasteiger partial charge in [0.25, 0.3) is 0 Å². The van der Waals surface area contributed by atoms with Gasteiger partial charge in [-0.3, -0.25) is 4.79 Å². The van der Waals surface area contributed by atoms with E-state index >= 15 is 0 Å². The zero-order chi connectivity index (χ0) is 17.7. The molecule has 24 heavy (non-hydrogen) atoms. The third-order valence-electron chi connectivity index (χ3n) is 4.73. The fourth-order valence-electron chi connectivity index (χ4n) is 3.33. The van der Waals surface area contributed by atoms with Gasteiger partial charge in [-0.05, 0) is 48.8 Å². The number of carbonyl (C=O) groups is 2. The summed E-state index contributed by atoms with van der Waals surface area (Å²) in [5.41, 5.74) is 0.452. The fraction of sp³-hybridized carbons (Fsp3) is 0.579. The zero-order valence-corrected chi connectivity index (χ0v) is 14.8. The Balaban J connectivity index is 2.05. The Hall–Kier alpha value is -2.04. The minimum absolute atomic E-state index is 0.124. The highest BCUT2D eigenvalue weighted by molar-refractivity contribution is 5.77. The van der Waals surface area contributed by atoms with Crippen LogP contribution in [-0.2, 0) is 4.74 Å². The van der Waals surface area contributed by atoms with E-state index in [1.807, 2.05) is 0 Å². The summed E-state index contributed by atoms with van der Waals surface area (Å²) in [6.07, 6.45) is 2.95. The first kappa shape index (κ1) is 18.3. The molecule has 0 saturated heterocycles. The molecule has 3 unspecified atom stereocenters. The van der Waals surface area contributed by atoms with Crippen LogP contribution in [0.25, 0.3) is 0 Å². The number of rotatable bonds is 5. The average molecular weight is 334 g/mol. The van der Waals surface area contributed by atoms with Gasteiger partial charge in [0.05, 0.1) is 7.11 Å². The number of hydrogen-bond acceptors (Lipinski definition) is 5. The largest absolute Gasteiger partial charge is 0.514 e. The minimum Gasteiger partial charge on any atom is -0.493 e. The standard InChI is InChI=1S/C19H26O5/c1-12(2)15-7-5-13(3)9-17(15)24-19(21)23-16-8-6-14(11-20)10-18(16)22-4/h6,8,10-13,15,17H,5,7,9H2,1-4H3. The molecule has 0 aliphatic heterocycles. The second kappa shape index (κ2) is 8.18. The van der Waals surface area contributed by atoms with Crippen LogP contribution in [0.3, 0.4) is 0 Å². The molecule has 1 aliphatic rings. The van der Waals surface area contributed by atoms with E-state index in [1.165, 1.54) is 25.7 Å². The first-order chi connectivity index (χ1) is 11.4. The maximum Gasteiger partial charge on any atom is 0.514 e. The van der Waals surface area contributed by atoms with Crippen LogP contribution in [-0.4, -0.2) is 25.7 Å². The van der Waals surface area contributed by atoms with Crippen LogP contribution in [0.15, 0.2) is 18.2 Å². The number of benzene rings is 1. The molecule has 1 aromatic carbocycles. The quantitative estimate of drug-likeness (QED) is 0.451. The van der Waals surface area contributed by atoms with Crippen molar-refractivity contribution in [2.45, 2.75) is 46.1 Å². The van der Waals surface area contributed by atoms with Gasteiger partial charge in [-0.15, -0.1) is 0 Å². The van der Waals surface area contributed by atoms with Gasteiger partial charge in [0, 0.05) is 5.56 Å². The van der Waals surface area contributed by atoms with E-state index in [9.17, 15) is 9.59 Å². The smallest absolute Gasteiger partial charge is 0.493 e. The van der Waals surface area contributed by atoms with Crippen LogP contribution in [0.2, 0.25) is 0 Å². The van der Waals surface area contributed by atoms with E-state index in [2.05, 4.69) is 20.8 Å². The monoisotopic (exact) mass is 334 g/mol. The van der Waals surface area contributed by atoms with E-state index < -0.39 is 6.16 Å². The molecule has 5 nitrogen and oxygen atoms in total. The summed E-state index contributed by atoms with van der Waals surface area (Å²) in [5, 5.41) is 0. The Morgan fingerprint density at radius 2 is 2.00 bits per heavy atom. The predicted octanol–water partition coefficient (Wildman–Crippen LogP) is 4.48. The second-order valence-corrected chi connectivity index (χ2v) is 6.86. The predicted molar refractivity (Wildman–Crippen MR) is 90.6 cm³/mol. The molecule has 1 aromatic rings. The van der Waals surface area contributed by atoms with Gasteiger partial charge in [0.15, 0.2) is 11.5 Å². The number of methoxy groups -OCH3 is 1. The lowest BCUT2D eigenvalue weighted by atomic mass is 9.75. The molecule has 1 saturated carbocycles. The van der Waals surface area contributed by atoms with Crippen molar-refractivity contribution in [3.05, 3.63) is 23.8 Å². The van der Waals surface area contributed by atoms with Crippen molar-refractivity contribution >= 4 is 12.4 Å². The van der Waals surface area contributed by atoms with Crippen LogP contribution in [0, 0.1) is 17.8 Å². The fourth-order valence-corrected chi connectivity index (χ4v) is 3.33. The van der Waals surface area contributed by atoms with Crippen molar-refractivity contribution in [2.75, 3.05) is 7.11 Å². The molecule has 0 spiro atoms. The average Bonchev–Trinajstić information content (AvgIpc) is 2.54. The number of carbonyl (C=O) groups excluding carboxylic acids is 2. The molecule has 1 fully saturated rings. The van der Waals surface area contributed by atoms with Crippen molar-refractivity contribution in [3.8, 4) is 11.5 Å². The molecule has 3 atom stereocenters. The van der Waals surface area contributed by atoms with Gasteiger partial charge in [0.1, 0.15) is 12.4 Å². The maximum atomic E-state index is 12.2. The van der Waals surface area contributed by atoms with Gasteiger partial charge in [0.2, 0.25) is 0 Å². The molecule has 2 rings (SSSR count). The third-order valence-corrected chi connectivity index (χ3v) is 4.73. The van der Waals surface area contributed by atoms with Gasteiger partial charge >= 0.3 is 6.16 Å². The number of hydrogen-bond donors (Lipinski definition) is 0. The molecule has 1 aliphatic carbocycles. The van der Waals surface area contributed by atoms with Gasteiger partial charge in [-0.1, -0.05) is 27.2 Å². The van der Waals surface area contributed by atoms with Crippen molar-refractivity contribution in [1.82, 2.24) is 0 Å². The normalized spacial score (nSPS) is 23.6. The van der Waals surface area contributed by atoms with Crippen molar-refractivity contribution in [2.24, 2.45) is 17.8 Å². The molecule has 0 aromatic heterocycles. The Kier molecular flexibility index (Phi) is 6.23. The Bertz CT molecular complexity index is 581. The summed E-state index contributed by atoms with van der Waals surface area (Å²) in [5.74, 6) is 1.93. The third kappa shape index (κ3) is 4.49. The molecular weight excluding hydrogens is 308 g/mol. The van der Waals surface area contributed by atoms with E-state index in [1.54, 1.807) is 6.07 Å². The van der Waals surface area contributed by atoms with E-state index in [0.717, 1.165) is 12.8 Å². The number of aldehydes is 1. The van der Waals surface area contributed by atoms with Crippen molar-refractivity contribution in [1.29, 1.82) is 0 Å². The summed E-state index contributed by atoms with van der Waals surface area (Å²) in [6.45, 7) is 6.49. The summed E-state index contributed by atoms with van der Waals surface area (Å²) in [6, 6.07) is 4.63. The molecule has 5 heteroatoms. The van der Waals surface area contributed by atoms with E-state index in [0.29, 0.717) is 35.4 Å². The number of ether oxygens (including phenoxy) is 3. The summed E-state index contributed by atoms with van der Waals surface area (Å²) in [7, 11) is 1.46. The Morgan fingerprint density at radius 3 is 2.62 bits per heavy atom. The van der Waals surface area contributed by atoms with E-state index in [4.69, 9.17) is 14.2 Å². The summed E-state index contributed by atoms with van der Waals surface area (Å²) >= 11 is 0. The Morgan fingerprint density at radius 1 is 1.25 bits per heavy atom. The van der Waals surface area contributed by atoms with Crippen LogP contribution in [0.5, 0.6) is 11.5 Å². The van der Waals surface area contributed by atoms with Crippen LogP contribution in [0.1, 0.15) is 50.4 Å². The van der Waals surface area contributed by atoms with Crippen LogP contribution >= 0.6 is 0 Å². The SMILES string of the molecule is COc1cc(C=O)ccc1OC(=O)OC1CC(C)CCC1C(C)C. The van der Waals surface area contributed by atoms with Gasteiger partial charge < -0.3 is 14.2 Å². The molecule has 0 amide bonds. The Labute approximate surface area is 143 Å². The highest BCUT2D eigenvalue weighted by Gasteiger charge is 2.34. The highest BCUT2D eigenvalue weighted by atomic mass is 16.7. The van der Waals surface area contributed by atoms with Crippen LogP contribution in [0.4, 0.5) is 4.79 Å². The summed E-state index contributed by atoms with van der Waals surface area (Å²) in [4.78, 5) is 23.0. The van der Waals surface area contributed by atoms with Gasteiger partial charge in [-0.2, -0.15) is 0 Å². The zero-order valence-electron chi connectivity index (χ0n) is 14.8. The molecule has 0 N–H and O–H groups in total. The molecule has 132 valence electrons. The van der Waals surface area contributed by atoms with Gasteiger partial charge in [-0.25, -0.2) is 4.79 Å². The highest BCUT2D eigenvalue weighted by Crippen LogP contribution is 2.36. The van der Waals surface area contributed by atoms with Crippen LogP contribution < -0.4 is 9.47 Å². The first-order valence-corrected chi connectivity index (χ1v) is 8.46. The lowest BCUT2D eigenvalue weighted by Crippen LogP contribution is -2.36. The molecular formula is C19H26O5. The lowest BCUT2D eigenvalue weighted by Gasteiger charge is -2.36. The maximum absolute atomic E-state index is 12.2.